The molecular formula is C17H21NO3. The zero-order valence-corrected chi connectivity index (χ0v) is 12.4. The lowest BCUT2D eigenvalue weighted by molar-refractivity contribution is -0.131. The molecule has 1 saturated carbocycles. The Labute approximate surface area is 124 Å². The maximum atomic E-state index is 12.1. The van der Waals surface area contributed by atoms with E-state index in [1.807, 2.05) is 38.1 Å². The van der Waals surface area contributed by atoms with Crippen LogP contribution in [-0.4, -0.2) is 17.0 Å². The predicted octanol–water partition coefficient (Wildman–Crippen LogP) is 3.01. The molecule has 2 unspecified atom stereocenters. The number of aliphatic carboxylic acids is 1. The summed E-state index contributed by atoms with van der Waals surface area (Å²) < 4.78 is 0. The molecule has 0 heterocycles. The van der Waals surface area contributed by atoms with E-state index in [9.17, 15) is 9.59 Å². The molecule has 0 aliphatic heterocycles. The minimum absolute atomic E-state index is 0.0718. The molecule has 0 spiro atoms. The van der Waals surface area contributed by atoms with Crippen LogP contribution < -0.4 is 5.32 Å². The van der Waals surface area contributed by atoms with E-state index in [0.717, 1.165) is 30.0 Å². The first-order chi connectivity index (χ1) is 9.97. The van der Waals surface area contributed by atoms with E-state index in [1.165, 1.54) is 0 Å². The van der Waals surface area contributed by atoms with Gasteiger partial charge in [-0.2, -0.15) is 0 Å². The molecule has 112 valence electrons. The summed E-state index contributed by atoms with van der Waals surface area (Å²) in [5, 5.41) is 11.7. The molecule has 4 heteroatoms. The van der Waals surface area contributed by atoms with Gasteiger partial charge in [0.2, 0.25) is 5.91 Å². The van der Waals surface area contributed by atoms with Gasteiger partial charge in [-0.3, -0.25) is 4.79 Å². The van der Waals surface area contributed by atoms with Crippen molar-refractivity contribution in [2.24, 2.45) is 11.8 Å². The largest absolute Gasteiger partial charge is 0.478 e. The molecular weight excluding hydrogens is 266 g/mol. The van der Waals surface area contributed by atoms with E-state index in [2.05, 4.69) is 5.32 Å². The second-order valence-corrected chi connectivity index (χ2v) is 5.70. The Morgan fingerprint density at radius 1 is 1.33 bits per heavy atom. The van der Waals surface area contributed by atoms with Crippen molar-refractivity contribution in [2.45, 2.75) is 32.7 Å². The number of carbonyl (C=O) groups is 2. The first-order valence-electron chi connectivity index (χ1n) is 7.28. The fraction of sp³-hybridized carbons (Fsp3) is 0.412. The normalized spacial score (nSPS) is 17.4. The number of amides is 1. The Morgan fingerprint density at radius 3 is 2.67 bits per heavy atom. The lowest BCUT2D eigenvalue weighted by Gasteiger charge is -2.18. The number of hydrogen-bond acceptors (Lipinski definition) is 2. The van der Waals surface area contributed by atoms with Gasteiger partial charge in [0, 0.05) is 12.0 Å². The smallest absolute Gasteiger partial charge is 0.328 e. The van der Waals surface area contributed by atoms with Gasteiger partial charge in [-0.25, -0.2) is 4.79 Å². The van der Waals surface area contributed by atoms with Crippen molar-refractivity contribution >= 4 is 18.0 Å². The molecule has 4 nitrogen and oxygen atoms in total. The van der Waals surface area contributed by atoms with Crippen molar-refractivity contribution in [3.63, 3.8) is 0 Å². The molecule has 1 aliphatic rings. The van der Waals surface area contributed by atoms with E-state index in [-0.39, 0.29) is 17.9 Å². The van der Waals surface area contributed by atoms with Gasteiger partial charge in [0.25, 0.3) is 0 Å². The molecule has 0 bridgehead atoms. The van der Waals surface area contributed by atoms with Crippen LogP contribution in [0.25, 0.3) is 6.08 Å². The number of hydrogen-bond donors (Lipinski definition) is 2. The Bertz CT molecular complexity index is 561. The number of rotatable bonds is 6. The Kier molecular flexibility index (Phi) is 4.78. The SMILES string of the molecule is CC(NC(=O)C(C)C1CC1)c1cccc(/C=C/C(=O)O)c1. The van der Waals surface area contributed by atoms with Gasteiger partial charge >= 0.3 is 5.97 Å². The zero-order valence-electron chi connectivity index (χ0n) is 12.4. The van der Waals surface area contributed by atoms with Crippen LogP contribution in [0.15, 0.2) is 30.3 Å². The van der Waals surface area contributed by atoms with Gasteiger partial charge in [-0.05, 0) is 49.0 Å². The molecule has 1 aromatic rings. The van der Waals surface area contributed by atoms with Gasteiger partial charge in [0.1, 0.15) is 0 Å². The maximum Gasteiger partial charge on any atom is 0.328 e. The van der Waals surface area contributed by atoms with Crippen molar-refractivity contribution < 1.29 is 14.7 Å². The van der Waals surface area contributed by atoms with Crippen molar-refractivity contribution in [3.05, 3.63) is 41.5 Å². The number of nitrogens with one attached hydrogen (secondary N) is 1. The molecule has 1 aromatic carbocycles. The molecule has 0 aromatic heterocycles. The fourth-order valence-electron chi connectivity index (χ4n) is 2.34. The second-order valence-electron chi connectivity index (χ2n) is 5.70. The highest BCUT2D eigenvalue weighted by molar-refractivity contribution is 5.85. The Hall–Kier alpha value is -2.10. The summed E-state index contributed by atoms with van der Waals surface area (Å²) in [4.78, 5) is 22.6. The minimum atomic E-state index is -0.972. The van der Waals surface area contributed by atoms with Gasteiger partial charge in [-0.1, -0.05) is 25.1 Å². The van der Waals surface area contributed by atoms with E-state index >= 15 is 0 Å². The Balaban J connectivity index is 2.01. The standard InChI is InChI=1S/C17H21NO3/c1-11(14-7-8-14)17(21)18-12(2)15-5-3-4-13(10-15)6-9-16(19)20/h3-6,9-12,14H,7-8H2,1-2H3,(H,18,21)(H,19,20)/b9-6+. The molecule has 1 fully saturated rings. The average molecular weight is 287 g/mol. The predicted molar refractivity (Wildman–Crippen MR) is 81.6 cm³/mol. The van der Waals surface area contributed by atoms with Crippen LogP contribution in [0.3, 0.4) is 0 Å². The van der Waals surface area contributed by atoms with E-state index in [1.54, 1.807) is 6.08 Å². The summed E-state index contributed by atoms with van der Waals surface area (Å²) >= 11 is 0. The van der Waals surface area contributed by atoms with Crippen molar-refractivity contribution in [3.8, 4) is 0 Å². The van der Waals surface area contributed by atoms with Crippen molar-refractivity contribution in [1.29, 1.82) is 0 Å². The van der Waals surface area contributed by atoms with Gasteiger partial charge < -0.3 is 10.4 Å². The summed E-state index contributed by atoms with van der Waals surface area (Å²) in [6.07, 6.45) is 4.96. The maximum absolute atomic E-state index is 12.1. The van der Waals surface area contributed by atoms with E-state index in [0.29, 0.717) is 5.92 Å². The number of carboxylic acids is 1. The molecule has 2 atom stereocenters. The molecule has 1 aliphatic carbocycles. The van der Waals surface area contributed by atoms with Crippen LogP contribution in [0.1, 0.15) is 43.9 Å². The van der Waals surface area contributed by atoms with Crippen LogP contribution in [0.4, 0.5) is 0 Å². The van der Waals surface area contributed by atoms with Crippen LogP contribution in [0, 0.1) is 11.8 Å². The third-order valence-electron chi connectivity index (χ3n) is 3.93. The number of benzene rings is 1. The number of carboxylic acid groups (broad SMARTS) is 1. The fourth-order valence-corrected chi connectivity index (χ4v) is 2.34. The Morgan fingerprint density at radius 2 is 2.05 bits per heavy atom. The topological polar surface area (TPSA) is 66.4 Å². The van der Waals surface area contributed by atoms with Crippen LogP contribution >= 0.6 is 0 Å². The highest BCUT2D eigenvalue weighted by Gasteiger charge is 2.32. The molecule has 1 amide bonds. The van der Waals surface area contributed by atoms with Crippen LogP contribution in [-0.2, 0) is 9.59 Å². The summed E-state index contributed by atoms with van der Waals surface area (Å²) in [6.45, 7) is 3.92. The van der Waals surface area contributed by atoms with E-state index < -0.39 is 5.97 Å². The highest BCUT2D eigenvalue weighted by Crippen LogP contribution is 2.36. The molecule has 0 radical (unpaired) electrons. The third kappa shape index (κ3) is 4.45. The van der Waals surface area contributed by atoms with Crippen molar-refractivity contribution in [2.75, 3.05) is 0 Å². The van der Waals surface area contributed by atoms with Gasteiger partial charge in [-0.15, -0.1) is 0 Å². The number of carbonyl (C=O) groups excluding carboxylic acids is 1. The average Bonchev–Trinajstić information content (AvgIpc) is 3.29. The van der Waals surface area contributed by atoms with Gasteiger partial charge in [0.05, 0.1) is 6.04 Å². The lowest BCUT2D eigenvalue weighted by atomic mass is 10.0. The van der Waals surface area contributed by atoms with Crippen LogP contribution in [0.5, 0.6) is 0 Å². The summed E-state index contributed by atoms with van der Waals surface area (Å²) in [7, 11) is 0. The highest BCUT2D eigenvalue weighted by atomic mass is 16.4. The van der Waals surface area contributed by atoms with Crippen LogP contribution in [0.2, 0.25) is 0 Å². The zero-order chi connectivity index (χ0) is 15.4. The van der Waals surface area contributed by atoms with E-state index in [4.69, 9.17) is 5.11 Å². The summed E-state index contributed by atoms with van der Waals surface area (Å²) in [6, 6.07) is 7.45. The lowest BCUT2D eigenvalue weighted by Crippen LogP contribution is -2.32. The minimum Gasteiger partial charge on any atom is -0.478 e. The van der Waals surface area contributed by atoms with Crippen molar-refractivity contribution in [1.82, 2.24) is 5.32 Å². The molecule has 2 N–H and O–H groups in total. The summed E-state index contributed by atoms with van der Waals surface area (Å²) in [5.74, 6) is -0.263. The molecule has 0 saturated heterocycles. The molecule has 2 rings (SSSR count). The monoisotopic (exact) mass is 287 g/mol. The third-order valence-corrected chi connectivity index (χ3v) is 3.93. The first kappa shape index (κ1) is 15.3. The second kappa shape index (κ2) is 6.57. The first-order valence-corrected chi connectivity index (χ1v) is 7.28. The van der Waals surface area contributed by atoms with Gasteiger partial charge in [0.15, 0.2) is 0 Å². The quantitative estimate of drug-likeness (QED) is 0.790. The summed E-state index contributed by atoms with van der Waals surface area (Å²) in [5.41, 5.74) is 1.78. The molecule has 21 heavy (non-hydrogen) atoms.